The molecule has 0 atom stereocenters. The highest BCUT2D eigenvalue weighted by Gasteiger charge is 2.14. The van der Waals surface area contributed by atoms with Crippen LogP contribution in [0.2, 0.25) is 0 Å². The lowest BCUT2D eigenvalue weighted by atomic mass is 10.1. The van der Waals surface area contributed by atoms with Gasteiger partial charge in [0.1, 0.15) is 16.5 Å². The van der Waals surface area contributed by atoms with Crippen molar-refractivity contribution in [2.24, 2.45) is 0 Å². The average molecular weight is 400 g/mol. The molecule has 3 aromatic heterocycles. The molecule has 0 unspecified atom stereocenters. The number of fused-ring (bicyclic) bond motifs is 1. The molecule has 7 heteroatoms. The average Bonchev–Trinajstić information content (AvgIpc) is 3.22. The lowest BCUT2D eigenvalue weighted by molar-refractivity contribution is 0.313. The zero-order valence-electron chi connectivity index (χ0n) is 15.0. The zero-order chi connectivity index (χ0) is 19.0. The van der Waals surface area contributed by atoms with Gasteiger partial charge in [-0.2, -0.15) is 0 Å². The summed E-state index contributed by atoms with van der Waals surface area (Å²) in [5.41, 5.74) is 2.73. The van der Waals surface area contributed by atoms with Crippen molar-refractivity contribution in [2.45, 2.75) is 20.0 Å². The number of aryl methyl sites for hydroxylation is 1. The summed E-state index contributed by atoms with van der Waals surface area (Å²) < 4.78 is 13.2. The number of hydrogen-bond donors (Lipinski definition) is 1. The van der Waals surface area contributed by atoms with Crippen molar-refractivity contribution in [3.05, 3.63) is 73.5 Å². The fraction of sp³-hybridized carbons (Fsp3) is 0.200. The molecule has 0 radical (unpaired) electrons. The summed E-state index contributed by atoms with van der Waals surface area (Å²) in [4.78, 5) is 24.4. The Morgan fingerprint density at radius 1 is 1.15 bits per heavy atom. The van der Waals surface area contributed by atoms with E-state index in [9.17, 15) is 9.18 Å². The van der Waals surface area contributed by atoms with Crippen LogP contribution in [0.5, 0.6) is 0 Å². The molecule has 0 saturated heterocycles. The summed E-state index contributed by atoms with van der Waals surface area (Å²) >= 11 is 3.17. The molecule has 0 fully saturated rings. The molecule has 1 aromatic carbocycles. The van der Waals surface area contributed by atoms with Crippen molar-refractivity contribution in [1.82, 2.24) is 14.9 Å². The Morgan fingerprint density at radius 2 is 1.93 bits per heavy atom. The largest absolute Gasteiger partial charge is 0.309 e. The molecule has 0 aliphatic rings. The van der Waals surface area contributed by atoms with Crippen molar-refractivity contribution in [3.8, 4) is 11.1 Å². The minimum absolute atomic E-state index is 0.156. The van der Waals surface area contributed by atoms with Gasteiger partial charge in [-0.25, -0.2) is 9.37 Å². The molecule has 0 aliphatic carbocycles. The van der Waals surface area contributed by atoms with E-state index in [2.05, 4.69) is 33.2 Å². The Balaban J connectivity index is 1.62. The smallest absolute Gasteiger partial charge is 0.260 e. The highest BCUT2D eigenvalue weighted by Crippen LogP contribution is 2.30. The molecule has 0 spiro atoms. The first-order valence-corrected chi connectivity index (χ1v) is 10.2. The van der Waals surface area contributed by atoms with E-state index in [0.29, 0.717) is 22.6 Å². The number of hydrogen-bond acceptors (Lipinski definition) is 5. The normalized spacial score (nSPS) is 11.6. The predicted molar refractivity (Wildman–Crippen MR) is 110 cm³/mol. The Hall–Kier alpha value is -2.35. The minimum Gasteiger partial charge on any atom is -0.309 e. The fourth-order valence-electron chi connectivity index (χ4n) is 3.03. The molecule has 138 valence electrons. The summed E-state index contributed by atoms with van der Waals surface area (Å²) in [6.07, 6.45) is 0. The number of nitrogens with zero attached hydrogens (tertiary/aromatic N) is 2. The van der Waals surface area contributed by atoms with Gasteiger partial charge in [-0.1, -0.05) is 12.1 Å². The van der Waals surface area contributed by atoms with Gasteiger partial charge in [-0.05, 0) is 48.7 Å². The highest BCUT2D eigenvalue weighted by atomic mass is 32.1. The van der Waals surface area contributed by atoms with Crippen molar-refractivity contribution < 1.29 is 4.39 Å². The molecule has 0 bridgehead atoms. The van der Waals surface area contributed by atoms with Gasteiger partial charge in [0, 0.05) is 22.4 Å². The van der Waals surface area contributed by atoms with Crippen molar-refractivity contribution in [3.63, 3.8) is 0 Å². The third-order valence-corrected chi connectivity index (χ3v) is 6.33. The molecule has 3 heterocycles. The number of aromatic amines is 1. The van der Waals surface area contributed by atoms with E-state index in [1.807, 2.05) is 12.4 Å². The van der Waals surface area contributed by atoms with Crippen LogP contribution in [0.3, 0.4) is 0 Å². The molecule has 4 nitrogen and oxygen atoms in total. The fourth-order valence-corrected chi connectivity index (χ4v) is 4.99. The molecule has 4 rings (SSSR count). The van der Waals surface area contributed by atoms with E-state index in [-0.39, 0.29) is 11.4 Å². The number of aromatic nitrogens is 2. The van der Waals surface area contributed by atoms with Crippen LogP contribution in [0, 0.1) is 12.7 Å². The summed E-state index contributed by atoms with van der Waals surface area (Å²) in [7, 11) is 2.02. The van der Waals surface area contributed by atoms with Crippen LogP contribution in [0.1, 0.15) is 16.3 Å². The van der Waals surface area contributed by atoms with Gasteiger partial charge < -0.3 is 4.98 Å². The number of rotatable bonds is 5. The van der Waals surface area contributed by atoms with E-state index in [1.165, 1.54) is 33.9 Å². The van der Waals surface area contributed by atoms with Crippen molar-refractivity contribution in [2.75, 3.05) is 7.05 Å². The second kappa shape index (κ2) is 7.34. The third-order valence-electron chi connectivity index (χ3n) is 4.45. The maximum atomic E-state index is 13.2. The standard InChI is InChI=1S/C20H18FN3OS2/c1-12-7-8-26-16(12)9-24(2)10-17-22-19(25)18-15(11-27-20(18)23-17)13-3-5-14(21)6-4-13/h3-8,11H,9-10H2,1-2H3,(H,22,23,25). The summed E-state index contributed by atoms with van der Waals surface area (Å²) in [6.45, 7) is 3.48. The quantitative estimate of drug-likeness (QED) is 0.525. The molecule has 0 amide bonds. The Kier molecular flexibility index (Phi) is 4.90. The first kappa shape index (κ1) is 18.0. The lowest BCUT2D eigenvalue weighted by Crippen LogP contribution is -2.21. The number of halogens is 1. The number of benzene rings is 1. The van der Waals surface area contributed by atoms with E-state index in [1.54, 1.807) is 23.5 Å². The summed E-state index contributed by atoms with van der Waals surface area (Å²) in [6, 6.07) is 8.28. The number of H-pyrrole nitrogens is 1. The molecule has 0 aliphatic heterocycles. The number of thiophene rings is 2. The van der Waals surface area contributed by atoms with Gasteiger partial charge in [-0.3, -0.25) is 9.69 Å². The Morgan fingerprint density at radius 3 is 2.63 bits per heavy atom. The Labute approximate surface area is 163 Å². The molecule has 27 heavy (non-hydrogen) atoms. The van der Waals surface area contributed by atoms with Gasteiger partial charge in [0.05, 0.1) is 11.9 Å². The number of nitrogens with one attached hydrogen (secondary N) is 1. The molecule has 1 N–H and O–H groups in total. The van der Waals surface area contributed by atoms with Crippen LogP contribution in [-0.2, 0) is 13.1 Å². The van der Waals surface area contributed by atoms with Gasteiger partial charge in [0.15, 0.2) is 0 Å². The maximum absolute atomic E-state index is 13.2. The van der Waals surface area contributed by atoms with E-state index in [0.717, 1.165) is 17.7 Å². The van der Waals surface area contributed by atoms with Gasteiger partial charge in [0.2, 0.25) is 0 Å². The lowest BCUT2D eigenvalue weighted by Gasteiger charge is -2.15. The van der Waals surface area contributed by atoms with Crippen LogP contribution in [0.15, 0.2) is 45.9 Å². The van der Waals surface area contributed by atoms with Crippen LogP contribution >= 0.6 is 22.7 Å². The first-order valence-electron chi connectivity index (χ1n) is 8.49. The van der Waals surface area contributed by atoms with Gasteiger partial charge >= 0.3 is 0 Å². The van der Waals surface area contributed by atoms with Gasteiger partial charge in [0.25, 0.3) is 5.56 Å². The van der Waals surface area contributed by atoms with Crippen LogP contribution in [0.4, 0.5) is 4.39 Å². The second-order valence-corrected chi connectivity index (χ2v) is 8.41. The summed E-state index contributed by atoms with van der Waals surface area (Å²) in [5.74, 6) is 0.355. The minimum atomic E-state index is -0.295. The van der Waals surface area contributed by atoms with Crippen molar-refractivity contribution >= 4 is 32.9 Å². The van der Waals surface area contributed by atoms with Crippen molar-refractivity contribution in [1.29, 1.82) is 0 Å². The monoisotopic (exact) mass is 399 g/mol. The topological polar surface area (TPSA) is 49.0 Å². The molecular weight excluding hydrogens is 381 g/mol. The summed E-state index contributed by atoms with van der Waals surface area (Å²) in [5, 5.41) is 4.56. The second-order valence-electron chi connectivity index (χ2n) is 6.55. The van der Waals surface area contributed by atoms with E-state index < -0.39 is 0 Å². The molecule has 0 saturated carbocycles. The highest BCUT2D eigenvalue weighted by molar-refractivity contribution is 7.17. The molecular formula is C20H18FN3OS2. The predicted octanol–water partition coefficient (Wildman–Crippen LogP) is 4.79. The Bertz CT molecular complexity index is 1140. The zero-order valence-corrected chi connectivity index (χ0v) is 16.6. The van der Waals surface area contributed by atoms with Crippen LogP contribution in [-0.4, -0.2) is 21.9 Å². The van der Waals surface area contributed by atoms with Crippen LogP contribution in [0.25, 0.3) is 21.3 Å². The van der Waals surface area contributed by atoms with E-state index >= 15 is 0 Å². The first-order chi connectivity index (χ1) is 13.0. The maximum Gasteiger partial charge on any atom is 0.260 e. The SMILES string of the molecule is Cc1ccsc1CN(C)Cc1nc2scc(-c3ccc(F)cc3)c2c(=O)[nH]1. The van der Waals surface area contributed by atoms with E-state index in [4.69, 9.17) is 0 Å². The van der Waals surface area contributed by atoms with Crippen LogP contribution < -0.4 is 5.56 Å². The van der Waals surface area contributed by atoms with Gasteiger partial charge in [-0.15, -0.1) is 22.7 Å². The third kappa shape index (κ3) is 3.71. The molecule has 4 aromatic rings.